The van der Waals surface area contributed by atoms with Gasteiger partial charge in [0.25, 0.3) is 5.91 Å². The molecule has 1 aromatic heterocycles. The number of H-pyrrole nitrogens is 1. The highest BCUT2D eigenvalue weighted by atomic mass is 16.5. The first-order valence-electron chi connectivity index (χ1n) is 9.35. The van der Waals surface area contributed by atoms with E-state index in [1.807, 2.05) is 66.4 Å². The number of rotatable bonds is 5. The summed E-state index contributed by atoms with van der Waals surface area (Å²) < 4.78 is 5.77. The van der Waals surface area contributed by atoms with Gasteiger partial charge in [0.15, 0.2) is 6.10 Å². The second-order valence-electron chi connectivity index (χ2n) is 6.88. The van der Waals surface area contributed by atoms with E-state index in [1.165, 1.54) is 0 Å². The second kappa shape index (κ2) is 7.80. The number of imidazole rings is 1. The number of carbonyl (C=O) groups is 1. The van der Waals surface area contributed by atoms with Gasteiger partial charge in [-0.2, -0.15) is 0 Å². The van der Waals surface area contributed by atoms with E-state index in [0.29, 0.717) is 13.1 Å². The fourth-order valence-electron chi connectivity index (χ4n) is 3.43. The summed E-state index contributed by atoms with van der Waals surface area (Å²) in [6.07, 6.45) is -0.477. The number of hydrogen-bond acceptors (Lipinski definition) is 4. The number of aromatic amines is 1. The molecule has 1 N–H and O–H groups in total. The van der Waals surface area contributed by atoms with Crippen LogP contribution in [0.15, 0.2) is 54.6 Å². The normalized spacial score (nSPS) is 16.4. The quantitative estimate of drug-likeness (QED) is 0.756. The Bertz CT molecular complexity index is 868. The number of piperazine rings is 1. The molecule has 3 aromatic rings. The summed E-state index contributed by atoms with van der Waals surface area (Å²) in [5, 5.41) is 0. The van der Waals surface area contributed by atoms with Crippen molar-refractivity contribution in [2.24, 2.45) is 0 Å². The van der Waals surface area contributed by atoms with Crippen molar-refractivity contribution in [3.63, 3.8) is 0 Å². The minimum Gasteiger partial charge on any atom is -0.481 e. The molecule has 1 aliphatic heterocycles. The number of carbonyl (C=O) groups excluding carboxylic acids is 1. The van der Waals surface area contributed by atoms with Crippen molar-refractivity contribution in [3.05, 3.63) is 60.4 Å². The van der Waals surface area contributed by atoms with Crippen molar-refractivity contribution in [1.29, 1.82) is 0 Å². The van der Waals surface area contributed by atoms with Crippen LogP contribution in [0.5, 0.6) is 5.75 Å². The maximum absolute atomic E-state index is 12.6. The van der Waals surface area contributed by atoms with Crippen LogP contribution in [0, 0.1) is 0 Å². The van der Waals surface area contributed by atoms with Crippen LogP contribution in [0.4, 0.5) is 0 Å². The highest BCUT2D eigenvalue weighted by Crippen LogP contribution is 2.15. The topological polar surface area (TPSA) is 61.5 Å². The number of amides is 1. The molecule has 0 aliphatic carbocycles. The molecule has 6 nitrogen and oxygen atoms in total. The van der Waals surface area contributed by atoms with E-state index >= 15 is 0 Å². The third kappa shape index (κ3) is 4.11. The third-order valence-electron chi connectivity index (χ3n) is 4.90. The van der Waals surface area contributed by atoms with Gasteiger partial charge in [-0.25, -0.2) is 4.98 Å². The molecule has 6 heteroatoms. The minimum absolute atomic E-state index is 0.0437. The first-order valence-corrected chi connectivity index (χ1v) is 9.35. The minimum atomic E-state index is -0.477. The maximum Gasteiger partial charge on any atom is 0.263 e. The molecule has 1 aliphatic rings. The van der Waals surface area contributed by atoms with E-state index in [9.17, 15) is 4.79 Å². The zero-order valence-electron chi connectivity index (χ0n) is 15.5. The molecule has 0 unspecified atom stereocenters. The zero-order valence-corrected chi connectivity index (χ0v) is 15.5. The van der Waals surface area contributed by atoms with E-state index in [1.54, 1.807) is 0 Å². The van der Waals surface area contributed by atoms with Crippen molar-refractivity contribution < 1.29 is 9.53 Å². The van der Waals surface area contributed by atoms with E-state index < -0.39 is 6.10 Å². The maximum atomic E-state index is 12.6. The van der Waals surface area contributed by atoms with Crippen molar-refractivity contribution in [3.8, 4) is 5.75 Å². The summed E-state index contributed by atoms with van der Waals surface area (Å²) in [5.41, 5.74) is 2.06. The SMILES string of the molecule is C[C@@H](Oc1ccccc1)C(=O)N1CCN(Cc2nc3ccccc3[nH]2)CC1. The molecule has 1 atom stereocenters. The predicted octanol–water partition coefficient (Wildman–Crippen LogP) is 2.67. The summed E-state index contributed by atoms with van der Waals surface area (Å²) in [6.45, 7) is 5.67. The number of para-hydroxylation sites is 3. The van der Waals surface area contributed by atoms with Crippen LogP contribution in [0.2, 0.25) is 0 Å². The Morgan fingerprint density at radius 2 is 1.78 bits per heavy atom. The lowest BCUT2D eigenvalue weighted by molar-refractivity contribution is -0.139. The fourth-order valence-corrected chi connectivity index (χ4v) is 3.43. The molecule has 0 radical (unpaired) electrons. The number of nitrogens with one attached hydrogen (secondary N) is 1. The van der Waals surface area contributed by atoms with Crippen molar-refractivity contribution in [1.82, 2.24) is 19.8 Å². The van der Waals surface area contributed by atoms with Crippen LogP contribution in [0.3, 0.4) is 0 Å². The predicted molar refractivity (Wildman–Crippen MR) is 104 cm³/mol. The van der Waals surface area contributed by atoms with Crippen LogP contribution >= 0.6 is 0 Å². The smallest absolute Gasteiger partial charge is 0.263 e. The largest absolute Gasteiger partial charge is 0.481 e. The highest BCUT2D eigenvalue weighted by Gasteiger charge is 2.26. The average molecular weight is 364 g/mol. The molecule has 1 amide bonds. The van der Waals surface area contributed by atoms with E-state index in [4.69, 9.17) is 4.74 Å². The average Bonchev–Trinajstić information content (AvgIpc) is 3.11. The number of nitrogens with zero attached hydrogens (tertiary/aromatic N) is 3. The zero-order chi connectivity index (χ0) is 18.6. The van der Waals surface area contributed by atoms with Crippen LogP contribution in [-0.2, 0) is 11.3 Å². The fraction of sp³-hybridized carbons (Fsp3) is 0.333. The summed E-state index contributed by atoms with van der Waals surface area (Å²) in [6, 6.07) is 17.5. The Morgan fingerprint density at radius 1 is 1.07 bits per heavy atom. The van der Waals surface area contributed by atoms with Crippen molar-refractivity contribution >= 4 is 16.9 Å². The molecule has 140 valence electrons. The Balaban J connectivity index is 1.29. The van der Waals surface area contributed by atoms with E-state index in [-0.39, 0.29) is 5.91 Å². The number of fused-ring (bicyclic) bond motifs is 1. The Kier molecular flexibility index (Phi) is 5.07. The lowest BCUT2D eigenvalue weighted by Gasteiger charge is -2.35. The molecule has 4 rings (SSSR count). The van der Waals surface area contributed by atoms with Crippen LogP contribution < -0.4 is 4.74 Å². The number of benzene rings is 2. The van der Waals surface area contributed by atoms with Gasteiger partial charge in [0.1, 0.15) is 11.6 Å². The standard InChI is InChI=1S/C21H24N4O2/c1-16(27-17-7-3-2-4-8-17)21(26)25-13-11-24(12-14-25)15-20-22-18-9-5-6-10-19(18)23-20/h2-10,16H,11-15H2,1H3,(H,22,23)/t16-/m1/s1. The number of ether oxygens (including phenoxy) is 1. The lowest BCUT2D eigenvalue weighted by atomic mass is 10.2. The highest BCUT2D eigenvalue weighted by molar-refractivity contribution is 5.81. The third-order valence-corrected chi connectivity index (χ3v) is 4.90. The molecular formula is C21H24N4O2. The molecule has 2 aromatic carbocycles. The van der Waals surface area contributed by atoms with Gasteiger partial charge in [0, 0.05) is 26.2 Å². The van der Waals surface area contributed by atoms with Crippen molar-refractivity contribution in [2.45, 2.75) is 19.6 Å². The van der Waals surface area contributed by atoms with Gasteiger partial charge in [0.2, 0.25) is 0 Å². The summed E-state index contributed by atoms with van der Waals surface area (Å²) in [5.74, 6) is 1.74. The summed E-state index contributed by atoms with van der Waals surface area (Å²) in [7, 11) is 0. The van der Waals surface area contributed by atoms with Gasteiger partial charge in [-0.15, -0.1) is 0 Å². The van der Waals surface area contributed by atoms with E-state index in [2.05, 4.69) is 14.9 Å². The molecule has 0 bridgehead atoms. The Morgan fingerprint density at radius 3 is 2.52 bits per heavy atom. The second-order valence-corrected chi connectivity index (χ2v) is 6.88. The van der Waals surface area contributed by atoms with Gasteiger partial charge >= 0.3 is 0 Å². The van der Waals surface area contributed by atoms with Crippen LogP contribution in [0.25, 0.3) is 11.0 Å². The van der Waals surface area contributed by atoms with Gasteiger partial charge in [-0.05, 0) is 31.2 Å². The summed E-state index contributed by atoms with van der Waals surface area (Å²) in [4.78, 5) is 24.9. The molecule has 27 heavy (non-hydrogen) atoms. The van der Waals surface area contributed by atoms with Gasteiger partial charge in [-0.1, -0.05) is 30.3 Å². The molecule has 2 heterocycles. The van der Waals surface area contributed by atoms with Crippen LogP contribution in [-0.4, -0.2) is 58.0 Å². The van der Waals surface area contributed by atoms with Gasteiger partial charge in [0.05, 0.1) is 17.6 Å². The van der Waals surface area contributed by atoms with E-state index in [0.717, 1.165) is 42.2 Å². The Hall–Kier alpha value is -2.86. The van der Waals surface area contributed by atoms with Crippen molar-refractivity contribution in [2.75, 3.05) is 26.2 Å². The van der Waals surface area contributed by atoms with Gasteiger partial charge in [-0.3, -0.25) is 9.69 Å². The summed E-state index contributed by atoms with van der Waals surface area (Å²) >= 11 is 0. The molecular weight excluding hydrogens is 340 g/mol. The first kappa shape index (κ1) is 17.5. The molecule has 0 spiro atoms. The molecule has 1 saturated heterocycles. The molecule has 0 saturated carbocycles. The monoisotopic (exact) mass is 364 g/mol. The Labute approximate surface area is 158 Å². The molecule has 1 fully saturated rings. The van der Waals surface area contributed by atoms with Crippen LogP contribution in [0.1, 0.15) is 12.7 Å². The van der Waals surface area contributed by atoms with Gasteiger partial charge < -0.3 is 14.6 Å². The number of hydrogen-bond donors (Lipinski definition) is 1. The lowest BCUT2D eigenvalue weighted by Crippen LogP contribution is -2.51. The first-order chi connectivity index (χ1) is 13.2. The number of aromatic nitrogens is 2.